The molecule has 1 aromatic carbocycles. The molecule has 124 valence electrons. The number of halogens is 1. The average Bonchev–Trinajstić information content (AvgIpc) is 3.02. The Balaban J connectivity index is 1.60. The molecule has 2 aliphatic rings. The summed E-state index contributed by atoms with van der Waals surface area (Å²) in [5.74, 6) is -0.0361. The summed E-state index contributed by atoms with van der Waals surface area (Å²) in [6, 6.07) is 4.92. The quantitative estimate of drug-likeness (QED) is 0.853. The number of carbonyl (C=O) groups is 2. The van der Waals surface area contributed by atoms with Crippen molar-refractivity contribution in [3.05, 3.63) is 35.0 Å². The van der Waals surface area contributed by atoms with Crippen LogP contribution in [-0.2, 0) is 9.59 Å². The van der Waals surface area contributed by atoms with Gasteiger partial charge < -0.3 is 15.4 Å². The van der Waals surface area contributed by atoms with Gasteiger partial charge in [0.2, 0.25) is 5.91 Å². The van der Waals surface area contributed by atoms with Gasteiger partial charge in [-0.2, -0.15) is 10.2 Å². The van der Waals surface area contributed by atoms with Crippen LogP contribution >= 0.6 is 23.4 Å². The SMILES string of the molecule is COc1ccc(Cl)cc1NC(=O)CSC1=NC2N=NC=C2C(=O)N1. The smallest absolute Gasteiger partial charge is 0.258 e. The first-order valence-corrected chi connectivity index (χ1v) is 8.18. The minimum Gasteiger partial charge on any atom is -0.495 e. The van der Waals surface area contributed by atoms with Crippen LogP contribution in [0.3, 0.4) is 0 Å². The van der Waals surface area contributed by atoms with E-state index in [0.29, 0.717) is 27.2 Å². The highest BCUT2D eigenvalue weighted by Crippen LogP contribution is 2.28. The number of benzene rings is 1. The van der Waals surface area contributed by atoms with Gasteiger partial charge >= 0.3 is 0 Å². The highest BCUT2D eigenvalue weighted by atomic mass is 35.5. The maximum atomic E-state index is 12.1. The summed E-state index contributed by atoms with van der Waals surface area (Å²) in [6.07, 6.45) is 0.764. The maximum Gasteiger partial charge on any atom is 0.258 e. The molecule has 1 atom stereocenters. The van der Waals surface area contributed by atoms with E-state index < -0.39 is 6.17 Å². The second kappa shape index (κ2) is 7.02. The number of hydrogen-bond donors (Lipinski definition) is 2. The Hall–Kier alpha value is -2.39. The first kappa shape index (κ1) is 16.5. The Morgan fingerprint density at radius 1 is 1.50 bits per heavy atom. The fraction of sp³-hybridized carbons (Fsp3) is 0.214. The van der Waals surface area contributed by atoms with Crippen LogP contribution in [0.1, 0.15) is 0 Å². The zero-order chi connectivity index (χ0) is 17.1. The molecule has 3 rings (SSSR count). The molecule has 0 aromatic heterocycles. The molecule has 24 heavy (non-hydrogen) atoms. The van der Waals surface area contributed by atoms with E-state index in [2.05, 4.69) is 25.9 Å². The second-order valence-electron chi connectivity index (χ2n) is 4.76. The number of azo groups is 1. The van der Waals surface area contributed by atoms with E-state index in [4.69, 9.17) is 16.3 Å². The minimum atomic E-state index is -0.614. The van der Waals surface area contributed by atoms with Crippen molar-refractivity contribution in [3.8, 4) is 5.75 Å². The Kier molecular flexibility index (Phi) is 4.81. The zero-order valence-corrected chi connectivity index (χ0v) is 14.0. The lowest BCUT2D eigenvalue weighted by Crippen LogP contribution is -2.38. The summed E-state index contributed by atoms with van der Waals surface area (Å²) in [5.41, 5.74) is 0.868. The van der Waals surface area contributed by atoms with Crippen LogP contribution in [0.25, 0.3) is 0 Å². The zero-order valence-electron chi connectivity index (χ0n) is 12.4. The molecule has 0 radical (unpaired) electrons. The number of methoxy groups -OCH3 is 1. The molecule has 0 saturated heterocycles. The van der Waals surface area contributed by atoms with Crippen molar-refractivity contribution in [1.29, 1.82) is 0 Å². The lowest BCUT2D eigenvalue weighted by molar-refractivity contribution is -0.116. The monoisotopic (exact) mass is 365 g/mol. The molecule has 2 heterocycles. The van der Waals surface area contributed by atoms with Gasteiger partial charge in [0, 0.05) is 5.02 Å². The van der Waals surface area contributed by atoms with Crippen molar-refractivity contribution in [1.82, 2.24) is 5.32 Å². The van der Waals surface area contributed by atoms with Crippen molar-refractivity contribution in [3.63, 3.8) is 0 Å². The molecule has 0 fully saturated rings. The third kappa shape index (κ3) is 3.57. The van der Waals surface area contributed by atoms with Crippen LogP contribution in [0.5, 0.6) is 5.75 Å². The summed E-state index contributed by atoms with van der Waals surface area (Å²) in [7, 11) is 1.50. The average molecular weight is 366 g/mol. The van der Waals surface area contributed by atoms with Gasteiger partial charge in [0.1, 0.15) is 5.75 Å². The van der Waals surface area contributed by atoms with Crippen LogP contribution in [-0.4, -0.2) is 36.0 Å². The number of nitrogens with zero attached hydrogens (tertiary/aromatic N) is 3. The fourth-order valence-corrected chi connectivity index (χ4v) is 2.89. The standard InChI is InChI=1S/C14H12ClN5O3S/c1-23-10-3-2-7(15)4-9(10)17-11(21)6-24-14-18-12-8(5-16-20-12)13(22)19-14/h2-5,12H,6H2,1H3,(H,17,21)(H,18,19,22). The number of fused-ring (bicyclic) bond motifs is 1. The van der Waals surface area contributed by atoms with E-state index in [1.54, 1.807) is 18.2 Å². The molecule has 1 unspecified atom stereocenters. The Morgan fingerprint density at radius 2 is 2.33 bits per heavy atom. The van der Waals surface area contributed by atoms with Gasteiger partial charge in [-0.25, -0.2) is 4.99 Å². The number of nitrogens with one attached hydrogen (secondary N) is 2. The van der Waals surface area contributed by atoms with Crippen molar-refractivity contribution < 1.29 is 14.3 Å². The summed E-state index contributed by atoms with van der Waals surface area (Å²) in [4.78, 5) is 28.1. The number of amidine groups is 1. The molecular formula is C14H12ClN5O3S. The number of carbonyl (C=O) groups excluding carboxylic acids is 2. The topological polar surface area (TPSA) is 105 Å². The molecule has 2 amide bonds. The first-order valence-electron chi connectivity index (χ1n) is 6.82. The lowest BCUT2D eigenvalue weighted by Gasteiger charge is -2.17. The number of ether oxygens (including phenoxy) is 1. The normalized spacial score (nSPS) is 18.4. The molecular weight excluding hydrogens is 354 g/mol. The van der Waals surface area contributed by atoms with E-state index in [9.17, 15) is 9.59 Å². The van der Waals surface area contributed by atoms with Gasteiger partial charge in [-0.15, -0.1) is 0 Å². The number of anilines is 1. The summed E-state index contributed by atoms with van der Waals surface area (Å²) in [6.45, 7) is 0. The number of amides is 2. The molecule has 0 aliphatic carbocycles. The first-order chi connectivity index (χ1) is 11.6. The molecule has 2 aliphatic heterocycles. The summed E-state index contributed by atoms with van der Waals surface area (Å²) >= 11 is 7.02. The number of aliphatic imine (C=N–C) groups is 1. The Labute approximate surface area is 146 Å². The van der Waals surface area contributed by atoms with Crippen LogP contribution in [0.2, 0.25) is 5.02 Å². The fourth-order valence-electron chi connectivity index (χ4n) is 2.04. The predicted octanol–water partition coefficient (Wildman–Crippen LogP) is 2.18. The largest absolute Gasteiger partial charge is 0.495 e. The van der Waals surface area contributed by atoms with Gasteiger partial charge in [-0.1, -0.05) is 23.4 Å². The van der Waals surface area contributed by atoms with Crippen LogP contribution in [0.4, 0.5) is 5.69 Å². The Bertz CT molecular complexity index is 793. The minimum absolute atomic E-state index is 0.0533. The molecule has 1 aromatic rings. The number of thioether (sulfide) groups is 1. The lowest BCUT2D eigenvalue weighted by atomic mass is 10.2. The maximum absolute atomic E-state index is 12.1. The molecule has 10 heteroatoms. The van der Waals surface area contributed by atoms with Crippen molar-refractivity contribution in [2.75, 3.05) is 18.2 Å². The summed E-state index contributed by atoms with van der Waals surface area (Å²) < 4.78 is 5.17. The molecule has 0 spiro atoms. The third-order valence-electron chi connectivity index (χ3n) is 3.15. The van der Waals surface area contributed by atoms with E-state index in [1.165, 1.54) is 13.3 Å². The van der Waals surface area contributed by atoms with Crippen molar-refractivity contribution in [2.45, 2.75) is 6.17 Å². The number of rotatable bonds is 4. The highest BCUT2D eigenvalue weighted by molar-refractivity contribution is 8.14. The van der Waals surface area contributed by atoms with E-state index in [0.717, 1.165) is 11.8 Å². The second-order valence-corrected chi connectivity index (χ2v) is 6.16. The summed E-state index contributed by atoms with van der Waals surface area (Å²) in [5, 5.41) is 13.6. The van der Waals surface area contributed by atoms with Crippen LogP contribution in [0, 0.1) is 0 Å². The highest BCUT2D eigenvalue weighted by Gasteiger charge is 2.29. The number of hydrogen-bond acceptors (Lipinski definition) is 7. The van der Waals surface area contributed by atoms with Crippen LogP contribution in [0.15, 0.2) is 45.2 Å². The molecule has 2 N–H and O–H groups in total. The Morgan fingerprint density at radius 3 is 3.12 bits per heavy atom. The predicted molar refractivity (Wildman–Crippen MR) is 91.4 cm³/mol. The van der Waals surface area contributed by atoms with Crippen LogP contribution < -0.4 is 15.4 Å². The van der Waals surface area contributed by atoms with Gasteiger partial charge in [0.25, 0.3) is 5.91 Å². The van der Waals surface area contributed by atoms with E-state index in [-0.39, 0.29) is 17.6 Å². The van der Waals surface area contributed by atoms with E-state index >= 15 is 0 Å². The van der Waals surface area contributed by atoms with Gasteiger partial charge in [0.05, 0.1) is 30.3 Å². The molecule has 8 nitrogen and oxygen atoms in total. The van der Waals surface area contributed by atoms with E-state index in [1.807, 2.05) is 0 Å². The van der Waals surface area contributed by atoms with Crippen molar-refractivity contribution >= 4 is 46.0 Å². The molecule has 0 bridgehead atoms. The van der Waals surface area contributed by atoms with Crippen molar-refractivity contribution in [2.24, 2.45) is 15.2 Å². The van der Waals surface area contributed by atoms with Gasteiger partial charge in [0.15, 0.2) is 11.3 Å². The third-order valence-corrected chi connectivity index (χ3v) is 4.27. The van der Waals surface area contributed by atoms with Gasteiger partial charge in [-0.3, -0.25) is 9.59 Å². The van der Waals surface area contributed by atoms with Gasteiger partial charge in [-0.05, 0) is 18.2 Å². The molecule has 0 saturated carbocycles.